The van der Waals surface area contributed by atoms with Gasteiger partial charge in [0.1, 0.15) is 11.1 Å². The third-order valence-electron chi connectivity index (χ3n) is 2.96. The van der Waals surface area contributed by atoms with Crippen molar-refractivity contribution in [2.24, 2.45) is 0 Å². The van der Waals surface area contributed by atoms with E-state index < -0.39 is 0 Å². The molecule has 1 unspecified atom stereocenters. The molecule has 6 heteroatoms. The normalized spacial score (nSPS) is 12.2. The van der Waals surface area contributed by atoms with Crippen LogP contribution in [0.15, 0.2) is 29.4 Å². The average Bonchev–Trinajstić information content (AvgIpc) is 2.80. The Morgan fingerprint density at radius 3 is 2.81 bits per heavy atom. The van der Waals surface area contributed by atoms with Gasteiger partial charge in [-0.3, -0.25) is 9.36 Å². The molecule has 0 aliphatic heterocycles. The lowest BCUT2D eigenvalue weighted by molar-refractivity contribution is -0.142. The minimum absolute atomic E-state index is 0.237. The fourth-order valence-electron chi connectivity index (χ4n) is 1.95. The van der Waals surface area contributed by atoms with Gasteiger partial charge in [0, 0.05) is 5.69 Å². The average molecular weight is 305 g/mol. The number of benzene rings is 1. The number of ether oxygens (including phenoxy) is 1. The summed E-state index contributed by atoms with van der Waals surface area (Å²) >= 11 is 1.35. The molecule has 2 aromatic rings. The van der Waals surface area contributed by atoms with Gasteiger partial charge in [0.15, 0.2) is 5.16 Å². The van der Waals surface area contributed by atoms with E-state index in [1.807, 2.05) is 43.5 Å². The predicted octanol–water partition coefficient (Wildman–Crippen LogP) is 2.93. The molecule has 0 bridgehead atoms. The van der Waals surface area contributed by atoms with Crippen molar-refractivity contribution in [1.29, 1.82) is 0 Å². The van der Waals surface area contributed by atoms with Crippen LogP contribution in [0.25, 0.3) is 5.69 Å². The lowest BCUT2D eigenvalue weighted by atomic mass is 10.2. The number of hydrogen-bond donors (Lipinski definition) is 0. The van der Waals surface area contributed by atoms with Gasteiger partial charge in [-0.2, -0.15) is 0 Å². The summed E-state index contributed by atoms with van der Waals surface area (Å²) in [7, 11) is 0. The lowest BCUT2D eigenvalue weighted by Gasteiger charge is -2.12. The van der Waals surface area contributed by atoms with Crippen molar-refractivity contribution < 1.29 is 9.53 Å². The summed E-state index contributed by atoms with van der Waals surface area (Å²) in [4.78, 5) is 11.8. The molecular weight excluding hydrogens is 286 g/mol. The molecule has 0 aliphatic rings. The Hall–Kier alpha value is -1.82. The Kier molecular flexibility index (Phi) is 5.01. The number of carbonyl (C=O) groups is 1. The molecule has 0 aliphatic carbocycles. The molecule has 1 aromatic heterocycles. The van der Waals surface area contributed by atoms with E-state index in [4.69, 9.17) is 4.74 Å². The fraction of sp³-hybridized carbons (Fsp3) is 0.400. The smallest absolute Gasteiger partial charge is 0.319 e. The zero-order chi connectivity index (χ0) is 15.4. The Labute approximate surface area is 128 Å². The van der Waals surface area contributed by atoms with Crippen molar-refractivity contribution in [2.75, 3.05) is 6.61 Å². The molecule has 1 heterocycles. The van der Waals surface area contributed by atoms with Gasteiger partial charge in [-0.15, -0.1) is 10.2 Å². The maximum absolute atomic E-state index is 11.8. The van der Waals surface area contributed by atoms with E-state index in [-0.39, 0.29) is 11.2 Å². The quantitative estimate of drug-likeness (QED) is 0.628. The summed E-state index contributed by atoms with van der Waals surface area (Å²) in [6.45, 7) is 7.93. The van der Waals surface area contributed by atoms with Crippen molar-refractivity contribution in [1.82, 2.24) is 14.8 Å². The minimum Gasteiger partial charge on any atom is -0.465 e. The first-order valence-corrected chi connectivity index (χ1v) is 7.73. The largest absolute Gasteiger partial charge is 0.465 e. The molecule has 0 saturated carbocycles. The summed E-state index contributed by atoms with van der Waals surface area (Å²) in [5, 5.41) is 8.66. The standard InChI is InChI=1S/C15H19N3O2S/c1-5-20-14(19)11(3)21-15-17-16-12(4)18(15)13-8-6-7-10(2)9-13/h6-9,11H,5H2,1-4H3. The highest BCUT2D eigenvalue weighted by atomic mass is 32.2. The molecule has 0 N–H and O–H groups in total. The van der Waals surface area contributed by atoms with Crippen LogP contribution in [-0.2, 0) is 9.53 Å². The van der Waals surface area contributed by atoms with E-state index in [1.54, 1.807) is 6.92 Å². The van der Waals surface area contributed by atoms with Crippen molar-refractivity contribution in [3.05, 3.63) is 35.7 Å². The molecule has 1 atom stereocenters. The number of esters is 1. The molecule has 112 valence electrons. The Balaban J connectivity index is 2.28. The number of thioether (sulfide) groups is 1. The van der Waals surface area contributed by atoms with Crippen LogP contribution in [0.4, 0.5) is 0 Å². The first kappa shape index (κ1) is 15.6. The minimum atomic E-state index is -0.322. The summed E-state index contributed by atoms with van der Waals surface area (Å²) in [6, 6.07) is 8.10. The van der Waals surface area contributed by atoms with E-state index in [1.165, 1.54) is 11.8 Å². The van der Waals surface area contributed by atoms with Gasteiger partial charge in [-0.1, -0.05) is 23.9 Å². The molecule has 21 heavy (non-hydrogen) atoms. The van der Waals surface area contributed by atoms with Crippen LogP contribution in [0.5, 0.6) is 0 Å². The second kappa shape index (κ2) is 6.76. The van der Waals surface area contributed by atoms with Crippen LogP contribution in [0.1, 0.15) is 25.2 Å². The van der Waals surface area contributed by atoms with Gasteiger partial charge in [-0.05, 0) is 45.4 Å². The van der Waals surface area contributed by atoms with Gasteiger partial charge >= 0.3 is 5.97 Å². The highest BCUT2D eigenvalue weighted by Gasteiger charge is 2.20. The van der Waals surface area contributed by atoms with E-state index >= 15 is 0 Å². The SMILES string of the molecule is CCOC(=O)C(C)Sc1nnc(C)n1-c1cccc(C)c1. The Bertz CT molecular complexity index is 640. The fourth-order valence-corrected chi connectivity index (χ4v) is 2.86. The summed E-state index contributed by atoms with van der Waals surface area (Å²) in [5.41, 5.74) is 2.16. The molecular formula is C15H19N3O2S. The van der Waals surface area contributed by atoms with Crippen LogP contribution in [0, 0.1) is 13.8 Å². The van der Waals surface area contributed by atoms with Gasteiger partial charge in [0.25, 0.3) is 0 Å². The molecule has 0 amide bonds. The van der Waals surface area contributed by atoms with E-state index in [0.29, 0.717) is 11.8 Å². The monoisotopic (exact) mass is 305 g/mol. The number of rotatable bonds is 5. The molecule has 1 aromatic carbocycles. The van der Waals surface area contributed by atoms with E-state index in [0.717, 1.165) is 17.1 Å². The van der Waals surface area contributed by atoms with E-state index in [2.05, 4.69) is 16.3 Å². The second-order valence-corrected chi connectivity index (χ2v) is 6.02. The number of aromatic nitrogens is 3. The molecule has 0 fully saturated rings. The van der Waals surface area contributed by atoms with Gasteiger partial charge in [-0.25, -0.2) is 0 Å². The summed E-state index contributed by atoms with van der Waals surface area (Å²) in [5.74, 6) is 0.554. The first-order chi connectivity index (χ1) is 10.0. The zero-order valence-electron chi connectivity index (χ0n) is 12.7. The zero-order valence-corrected chi connectivity index (χ0v) is 13.5. The second-order valence-electron chi connectivity index (χ2n) is 4.72. The molecule has 5 nitrogen and oxygen atoms in total. The lowest BCUT2D eigenvalue weighted by Crippen LogP contribution is -2.17. The Morgan fingerprint density at radius 1 is 1.38 bits per heavy atom. The van der Waals surface area contributed by atoms with Crippen molar-refractivity contribution in [3.8, 4) is 5.69 Å². The van der Waals surface area contributed by atoms with Gasteiger partial charge < -0.3 is 4.74 Å². The van der Waals surface area contributed by atoms with Crippen LogP contribution < -0.4 is 0 Å². The number of nitrogens with zero attached hydrogens (tertiary/aromatic N) is 3. The van der Waals surface area contributed by atoms with Crippen LogP contribution in [-0.4, -0.2) is 32.6 Å². The Morgan fingerprint density at radius 2 is 2.14 bits per heavy atom. The highest BCUT2D eigenvalue weighted by Crippen LogP contribution is 2.26. The highest BCUT2D eigenvalue weighted by molar-refractivity contribution is 8.00. The first-order valence-electron chi connectivity index (χ1n) is 6.85. The number of carbonyl (C=O) groups excluding carboxylic acids is 1. The van der Waals surface area contributed by atoms with Gasteiger partial charge in [0.05, 0.1) is 6.61 Å². The van der Waals surface area contributed by atoms with Crippen molar-refractivity contribution >= 4 is 17.7 Å². The molecule has 0 spiro atoms. The topological polar surface area (TPSA) is 57.0 Å². The van der Waals surface area contributed by atoms with E-state index in [9.17, 15) is 4.79 Å². The summed E-state index contributed by atoms with van der Waals surface area (Å²) in [6.07, 6.45) is 0. The van der Waals surface area contributed by atoms with Crippen molar-refractivity contribution in [3.63, 3.8) is 0 Å². The number of aryl methyl sites for hydroxylation is 2. The van der Waals surface area contributed by atoms with Gasteiger partial charge in [0.2, 0.25) is 0 Å². The predicted molar refractivity (Wildman–Crippen MR) is 82.8 cm³/mol. The maximum Gasteiger partial charge on any atom is 0.319 e. The van der Waals surface area contributed by atoms with Crippen LogP contribution >= 0.6 is 11.8 Å². The third kappa shape index (κ3) is 3.64. The summed E-state index contributed by atoms with van der Waals surface area (Å²) < 4.78 is 6.98. The molecule has 0 radical (unpaired) electrons. The third-order valence-corrected chi connectivity index (χ3v) is 3.98. The van der Waals surface area contributed by atoms with Crippen molar-refractivity contribution in [2.45, 2.75) is 38.1 Å². The van der Waals surface area contributed by atoms with Crippen LogP contribution in [0.2, 0.25) is 0 Å². The maximum atomic E-state index is 11.8. The molecule has 0 saturated heterocycles. The molecule has 2 rings (SSSR count). The number of hydrogen-bond acceptors (Lipinski definition) is 5. The van der Waals surface area contributed by atoms with Crippen LogP contribution in [0.3, 0.4) is 0 Å².